The van der Waals surface area contributed by atoms with Crippen molar-refractivity contribution < 1.29 is 0 Å². The number of nitrogens with one attached hydrogen (secondary N) is 2. The molecule has 2 heterocycles. The number of hydrogen-bond donors (Lipinski definition) is 2. The second-order valence-corrected chi connectivity index (χ2v) is 7.66. The number of fused-ring (bicyclic) bond motifs is 1. The first-order valence-electron chi connectivity index (χ1n) is 8.83. The molecule has 1 saturated heterocycles. The van der Waals surface area contributed by atoms with E-state index in [1.807, 2.05) is 18.3 Å². The summed E-state index contributed by atoms with van der Waals surface area (Å²) < 4.78 is 1.07. The van der Waals surface area contributed by atoms with E-state index in [9.17, 15) is 0 Å². The molecule has 3 aromatic rings. The third-order valence-corrected chi connectivity index (χ3v) is 5.50. The van der Waals surface area contributed by atoms with Gasteiger partial charge in [0.1, 0.15) is 0 Å². The maximum absolute atomic E-state index is 4.53. The first-order chi connectivity index (χ1) is 12.2. The Bertz CT molecular complexity index is 878. The van der Waals surface area contributed by atoms with Crippen molar-refractivity contribution >= 4 is 38.2 Å². The number of piperidine rings is 1. The maximum atomic E-state index is 4.53. The van der Waals surface area contributed by atoms with Gasteiger partial charge in [0.05, 0.1) is 11.2 Å². The summed E-state index contributed by atoms with van der Waals surface area (Å²) in [5.74, 6) is 0.690. The van der Waals surface area contributed by atoms with E-state index >= 15 is 0 Å². The van der Waals surface area contributed by atoms with Gasteiger partial charge in [-0.25, -0.2) is 0 Å². The average molecular weight is 396 g/mol. The molecule has 1 fully saturated rings. The second-order valence-electron chi connectivity index (χ2n) is 6.75. The van der Waals surface area contributed by atoms with E-state index in [1.54, 1.807) is 0 Å². The fourth-order valence-corrected chi connectivity index (χ4v) is 3.93. The third-order valence-electron chi connectivity index (χ3n) is 5.01. The standard InChI is InChI=1S/C21H22BrN3/c1-14-13-24-20-7-4-17(22)12-19(20)21(14)25-18-5-2-15(3-6-18)16-8-10-23-11-9-16/h2-7,12-13,16,23H,8-11H2,1H3,(H,24,25). The number of anilines is 2. The van der Waals surface area contributed by atoms with Gasteiger partial charge in [0.2, 0.25) is 0 Å². The molecule has 1 aliphatic rings. The lowest BCUT2D eigenvalue weighted by molar-refractivity contribution is 0.460. The van der Waals surface area contributed by atoms with Crippen molar-refractivity contribution in [2.75, 3.05) is 18.4 Å². The SMILES string of the molecule is Cc1cnc2ccc(Br)cc2c1Nc1ccc(C2CCNCC2)cc1. The fraction of sp³-hybridized carbons (Fsp3) is 0.286. The van der Waals surface area contributed by atoms with E-state index in [1.165, 1.54) is 18.4 Å². The van der Waals surface area contributed by atoms with Gasteiger partial charge in [0.25, 0.3) is 0 Å². The highest BCUT2D eigenvalue weighted by Gasteiger charge is 2.15. The van der Waals surface area contributed by atoms with Crippen LogP contribution in [0.4, 0.5) is 11.4 Å². The lowest BCUT2D eigenvalue weighted by atomic mass is 9.90. The Morgan fingerprint density at radius 1 is 1.08 bits per heavy atom. The molecule has 3 nitrogen and oxygen atoms in total. The van der Waals surface area contributed by atoms with E-state index in [-0.39, 0.29) is 0 Å². The number of halogens is 1. The Kier molecular flexibility index (Phi) is 4.73. The van der Waals surface area contributed by atoms with Crippen LogP contribution >= 0.6 is 15.9 Å². The minimum atomic E-state index is 0.690. The van der Waals surface area contributed by atoms with Gasteiger partial charge >= 0.3 is 0 Å². The van der Waals surface area contributed by atoms with Crippen molar-refractivity contribution in [3.8, 4) is 0 Å². The lowest BCUT2D eigenvalue weighted by Gasteiger charge is -2.23. The summed E-state index contributed by atoms with van der Waals surface area (Å²) in [6.45, 7) is 4.35. The number of benzene rings is 2. The highest BCUT2D eigenvalue weighted by atomic mass is 79.9. The van der Waals surface area contributed by atoms with Crippen molar-refractivity contribution in [3.05, 3.63) is 64.3 Å². The number of aryl methyl sites for hydroxylation is 1. The van der Waals surface area contributed by atoms with Gasteiger partial charge in [0.15, 0.2) is 0 Å². The topological polar surface area (TPSA) is 37.0 Å². The van der Waals surface area contributed by atoms with Gasteiger partial charge in [0, 0.05) is 21.7 Å². The predicted molar refractivity (Wildman–Crippen MR) is 109 cm³/mol. The molecule has 1 aliphatic heterocycles. The summed E-state index contributed by atoms with van der Waals surface area (Å²) in [5.41, 5.74) is 5.84. The van der Waals surface area contributed by atoms with Gasteiger partial charge < -0.3 is 10.6 Å². The highest BCUT2D eigenvalue weighted by Crippen LogP contribution is 2.32. The summed E-state index contributed by atoms with van der Waals surface area (Å²) in [5, 5.41) is 8.17. The lowest BCUT2D eigenvalue weighted by Crippen LogP contribution is -2.26. The van der Waals surface area contributed by atoms with E-state index in [0.29, 0.717) is 5.92 Å². The molecule has 4 heteroatoms. The molecule has 25 heavy (non-hydrogen) atoms. The molecule has 0 unspecified atom stereocenters. The molecule has 128 valence electrons. The van der Waals surface area contributed by atoms with Crippen molar-refractivity contribution in [1.29, 1.82) is 0 Å². The predicted octanol–water partition coefficient (Wildman–Crippen LogP) is 5.52. The molecule has 0 spiro atoms. The second kappa shape index (κ2) is 7.14. The van der Waals surface area contributed by atoms with Crippen LogP contribution in [-0.4, -0.2) is 18.1 Å². The molecule has 1 aromatic heterocycles. The number of aromatic nitrogens is 1. The Balaban J connectivity index is 1.62. The van der Waals surface area contributed by atoms with Gasteiger partial charge in [-0.3, -0.25) is 4.98 Å². The number of nitrogens with zero attached hydrogens (tertiary/aromatic N) is 1. The molecule has 4 rings (SSSR count). The zero-order valence-corrected chi connectivity index (χ0v) is 15.9. The summed E-state index contributed by atoms with van der Waals surface area (Å²) in [7, 11) is 0. The molecule has 0 amide bonds. The summed E-state index contributed by atoms with van der Waals surface area (Å²) >= 11 is 3.57. The molecule has 2 N–H and O–H groups in total. The van der Waals surface area contributed by atoms with E-state index in [0.717, 1.165) is 45.4 Å². The van der Waals surface area contributed by atoms with Gasteiger partial charge in [-0.05, 0) is 80.2 Å². The summed E-state index contributed by atoms with van der Waals surface area (Å²) in [4.78, 5) is 4.53. The zero-order chi connectivity index (χ0) is 17.2. The number of rotatable bonds is 3. The smallest absolute Gasteiger partial charge is 0.0723 e. The monoisotopic (exact) mass is 395 g/mol. The molecule has 0 bridgehead atoms. The maximum Gasteiger partial charge on any atom is 0.0723 e. The first-order valence-corrected chi connectivity index (χ1v) is 9.62. The Morgan fingerprint density at radius 2 is 1.84 bits per heavy atom. The van der Waals surface area contributed by atoms with Crippen LogP contribution in [0.5, 0.6) is 0 Å². The summed E-state index contributed by atoms with van der Waals surface area (Å²) in [6.07, 6.45) is 4.39. The fourth-order valence-electron chi connectivity index (χ4n) is 3.57. The van der Waals surface area contributed by atoms with Crippen LogP contribution in [0, 0.1) is 6.92 Å². The van der Waals surface area contributed by atoms with Crippen LogP contribution in [0.3, 0.4) is 0 Å². The van der Waals surface area contributed by atoms with Crippen LogP contribution in [0.15, 0.2) is 53.1 Å². The van der Waals surface area contributed by atoms with Gasteiger partial charge in [-0.15, -0.1) is 0 Å². The van der Waals surface area contributed by atoms with Crippen molar-refractivity contribution in [2.24, 2.45) is 0 Å². The minimum absolute atomic E-state index is 0.690. The highest BCUT2D eigenvalue weighted by molar-refractivity contribution is 9.10. The Morgan fingerprint density at radius 3 is 2.60 bits per heavy atom. The molecule has 0 atom stereocenters. The molecule has 0 saturated carbocycles. The van der Waals surface area contributed by atoms with Gasteiger partial charge in [-0.1, -0.05) is 28.1 Å². The quantitative estimate of drug-likeness (QED) is 0.613. The summed E-state index contributed by atoms with van der Waals surface area (Å²) in [6, 6.07) is 15.1. The van der Waals surface area contributed by atoms with E-state index in [4.69, 9.17) is 0 Å². The molecule has 0 aliphatic carbocycles. The Labute approximate surface area is 157 Å². The number of hydrogen-bond acceptors (Lipinski definition) is 3. The normalized spacial score (nSPS) is 15.4. The van der Waals surface area contributed by atoms with Crippen LogP contribution in [0.2, 0.25) is 0 Å². The molecule has 0 radical (unpaired) electrons. The van der Waals surface area contributed by atoms with E-state index in [2.05, 4.69) is 68.8 Å². The Hall–Kier alpha value is -1.91. The number of pyridine rings is 1. The van der Waals surface area contributed by atoms with Crippen LogP contribution in [0.25, 0.3) is 10.9 Å². The van der Waals surface area contributed by atoms with Crippen molar-refractivity contribution in [2.45, 2.75) is 25.7 Å². The van der Waals surface area contributed by atoms with Crippen LogP contribution < -0.4 is 10.6 Å². The van der Waals surface area contributed by atoms with Gasteiger partial charge in [-0.2, -0.15) is 0 Å². The van der Waals surface area contributed by atoms with Crippen LogP contribution in [0.1, 0.15) is 29.9 Å². The van der Waals surface area contributed by atoms with Crippen molar-refractivity contribution in [3.63, 3.8) is 0 Å². The first kappa shape index (κ1) is 16.6. The third kappa shape index (κ3) is 3.55. The molecular formula is C21H22BrN3. The van der Waals surface area contributed by atoms with Crippen molar-refractivity contribution in [1.82, 2.24) is 10.3 Å². The zero-order valence-electron chi connectivity index (χ0n) is 14.3. The van der Waals surface area contributed by atoms with Crippen LogP contribution in [-0.2, 0) is 0 Å². The minimum Gasteiger partial charge on any atom is -0.355 e. The largest absolute Gasteiger partial charge is 0.355 e. The van der Waals surface area contributed by atoms with E-state index < -0.39 is 0 Å². The molecular weight excluding hydrogens is 374 g/mol. The average Bonchev–Trinajstić information content (AvgIpc) is 2.65. The molecule has 2 aromatic carbocycles.